The first-order valence-electron chi connectivity index (χ1n) is 4.88. The number of alkyl halides is 6. The molecular formula is C11H8F6O2. The monoisotopic (exact) mass is 286 g/mol. The van der Waals surface area contributed by atoms with Crippen LogP contribution in [0, 0.1) is 0 Å². The zero-order valence-electron chi connectivity index (χ0n) is 9.43. The van der Waals surface area contributed by atoms with Crippen molar-refractivity contribution in [1.82, 2.24) is 0 Å². The highest BCUT2D eigenvalue weighted by atomic mass is 19.4. The molecule has 0 spiro atoms. The Hall–Kier alpha value is -1.57. The van der Waals surface area contributed by atoms with E-state index in [4.69, 9.17) is 5.11 Å². The third-order valence-corrected chi connectivity index (χ3v) is 2.53. The average Bonchev–Trinajstić information content (AvgIpc) is 2.25. The van der Waals surface area contributed by atoms with E-state index in [-0.39, 0.29) is 5.56 Å². The van der Waals surface area contributed by atoms with E-state index in [0.717, 1.165) is 19.1 Å². The third kappa shape index (κ3) is 2.58. The van der Waals surface area contributed by atoms with Crippen LogP contribution in [0.15, 0.2) is 24.3 Å². The summed E-state index contributed by atoms with van der Waals surface area (Å²) in [6.45, 7) is 1.11. The number of rotatable bonds is 2. The molecule has 1 aromatic carbocycles. The standard InChI is InChI=1S/C11H8F6O2/c1-6(18)7-2-4-8(5-3-7)9(19,10(12,13)14)11(15,16)17/h2-5,19H,1H3. The maximum atomic E-state index is 12.5. The minimum absolute atomic E-state index is 0.0598. The van der Waals surface area contributed by atoms with Gasteiger partial charge in [-0.05, 0) is 6.92 Å². The largest absolute Gasteiger partial charge is 0.430 e. The van der Waals surface area contributed by atoms with Gasteiger partial charge in [-0.3, -0.25) is 4.79 Å². The number of ketones is 1. The van der Waals surface area contributed by atoms with Gasteiger partial charge in [0.1, 0.15) is 0 Å². The Morgan fingerprint density at radius 3 is 1.58 bits per heavy atom. The van der Waals surface area contributed by atoms with Crippen LogP contribution in [-0.2, 0) is 5.60 Å². The van der Waals surface area contributed by atoms with Crippen molar-refractivity contribution in [2.75, 3.05) is 0 Å². The molecule has 2 nitrogen and oxygen atoms in total. The van der Waals surface area contributed by atoms with Gasteiger partial charge in [0.25, 0.3) is 5.60 Å². The lowest BCUT2D eigenvalue weighted by Crippen LogP contribution is -2.53. The molecule has 1 aromatic rings. The number of hydrogen-bond acceptors (Lipinski definition) is 2. The molecular weight excluding hydrogens is 278 g/mol. The van der Waals surface area contributed by atoms with Crippen LogP contribution in [0.4, 0.5) is 26.3 Å². The van der Waals surface area contributed by atoms with Crippen molar-refractivity contribution >= 4 is 5.78 Å². The van der Waals surface area contributed by atoms with Crippen molar-refractivity contribution in [3.8, 4) is 0 Å². The number of benzene rings is 1. The number of hydrogen-bond donors (Lipinski definition) is 1. The third-order valence-electron chi connectivity index (χ3n) is 2.53. The minimum atomic E-state index is -5.93. The van der Waals surface area contributed by atoms with Gasteiger partial charge >= 0.3 is 12.4 Å². The second-order valence-corrected chi connectivity index (χ2v) is 3.84. The molecule has 1 N–H and O–H groups in total. The van der Waals surface area contributed by atoms with E-state index >= 15 is 0 Å². The van der Waals surface area contributed by atoms with Gasteiger partial charge in [-0.1, -0.05) is 24.3 Å². The van der Waals surface area contributed by atoms with Crippen molar-refractivity contribution in [2.45, 2.75) is 24.9 Å². The van der Waals surface area contributed by atoms with Crippen LogP contribution < -0.4 is 0 Å². The zero-order chi connectivity index (χ0) is 15.1. The van der Waals surface area contributed by atoms with Crippen LogP contribution in [0.2, 0.25) is 0 Å². The minimum Gasteiger partial charge on any atom is -0.369 e. The first kappa shape index (κ1) is 15.5. The second-order valence-electron chi connectivity index (χ2n) is 3.84. The SMILES string of the molecule is CC(=O)c1ccc(C(O)(C(F)(F)F)C(F)(F)F)cc1. The summed E-state index contributed by atoms with van der Waals surface area (Å²) in [5, 5.41) is 9.05. The number of aliphatic hydroxyl groups is 1. The molecule has 0 saturated heterocycles. The fourth-order valence-electron chi connectivity index (χ4n) is 1.43. The summed E-state index contributed by atoms with van der Waals surface area (Å²) in [4.78, 5) is 10.9. The molecule has 0 heterocycles. The maximum absolute atomic E-state index is 12.5. The van der Waals surface area contributed by atoms with Crippen molar-refractivity contribution in [3.63, 3.8) is 0 Å². The molecule has 1 rings (SSSR count). The number of Topliss-reactive ketones (excluding diaryl/α,β-unsaturated/α-hetero) is 1. The molecule has 0 fully saturated rings. The van der Waals surface area contributed by atoms with Crippen LogP contribution in [0.25, 0.3) is 0 Å². The summed E-state index contributed by atoms with van der Waals surface area (Å²) in [6.07, 6.45) is -11.9. The first-order chi connectivity index (χ1) is 8.41. The molecule has 0 saturated carbocycles. The van der Waals surface area contributed by atoms with E-state index in [1.54, 1.807) is 0 Å². The molecule has 0 aliphatic carbocycles. The van der Waals surface area contributed by atoms with Gasteiger partial charge in [0.15, 0.2) is 5.78 Å². The molecule has 19 heavy (non-hydrogen) atoms. The highest BCUT2D eigenvalue weighted by molar-refractivity contribution is 5.94. The predicted molar refractivity (Wildman–Crippen MR) is 52.5 cm³/mol. The number of carbonyl (C=O) groups is 1. The summed E-state index contributed by atoms with van der Waals surface area (Å²) in [5.74, 6) is -0.519. The maximum Gasteiger partial charge on any atom is 0.430 e. The van der Waals surface area contributed by atoms with E-state index in [2.05, 4.69) is 0 Å². The van der Waals surface area contributed by atoms with E-state index in [1.807, 2.05) is 0 Å². The van der Waals surface area contributed by atoms with Gasteiger partial charge < -0.3 is 5.11 Å². The molecule has 106 valence electrons. The molecule has 0 aliphatic rings. The Kier molecular flexibility index (Phi) is 3.68. The van der Waals surface area contributed by atoms with Gasteiger partial charge in [-0.25, -0.2) is 0 Å². The van der Waals surface area contributed by atoms with Gasteiger partial charge in [0.2, 0.25) is 0 Å². The van der Waals surface area contributed by atoms with Gasteiger partial charge in [-0.15, -0.1) is 0 Å². The average molecular weight is 286 g/mol. The lowest BCUT2D eigenvalue weighted by atomic mass is 9.91. The fourth-order valence-corrected chi connectivity index (χ4v) is 1.43. The normalized spacial score (nSPS) is 13.5. The Balaban J connectivity index is 3.40. The van der Waals surface area contributed by atoms with Crippen LogP contribution in [0.3, 0.4) is 0 Å². The molecule has 0 atom stereocenters. The molecule has 0 aromatic heterocycles. The fraction of sp³-hybridized carbons (Fsp3) is 0.364. The van der Waals surface area contributed by atoms with E-state index in [9.17, 15) is 31.1 Å². The van der Waals surface area contributed by atoms with Crippen molar-refractivity contribution in [1.29, 1.82) is 0 Å². The summed E-state index contributed by atoms with van der Waals surface area (Å²) in [6, 6.07) is 2.44. The summed E-state index contributed by atoms with van der Waals surface area (Å²) < 4.78 is 75.0. The van der Waals surface area contributed by atoms with Crippen LogP contribution in [-0.4, -0.2) is 23.2 Å². The summed E-state index contributed by atoms with van der Waals surface area (Å²) in [7, 11) is 0. The highest BCUT2D eigenvalue weighted by Crippen LogP contribution is 2.49. The molecule has 8 heteroatoms. The second kappa shape index (κ2) is 4.52. The topological polar surface area (TPSA) is 37.3 Å². The van der Waals surface area contributed by atoms with Crippen LogP contribution in [0.1, 0.15) is 22.8 Å². The number of carbonyl (C=O) groups excluding carboxylic acids is 1. The predicted octanol–water partition coefficient (Wildman–Crippen LogP) is 3.20. The quantitative estimate of drug-likeness (QED) is 0.669. The van der Waals surface area contributed by atoms with E-state index in [0.29, 0.717) is 12.1 Å². The highest BCUT2D eigenvalue weighted by Gasteiger charge is 2.71. The van der Waals surface area contributed by atoms with Crippen LogP contribution >= 0.6 is 0 Å². The zero-order valence-corrected chi connectivity index (χ0v) is 9.43. The summed E-state index contributed by atoms with van der Waals surface area (Å²) >= 11 is 0. The molecule has 0 amide bonds. The Morgan fingerprint density at radius 2 is 1.32 bits per heavy atom. The molecule has 0 radical (unpaired) electrons. The van der Waals surface area contributed by atoms with Gasteiger partial charge in [-0.2, -0.15) is 26.3 Å². The molecule has 0 aliphatic heterocycles. The lowest BCUT2D eigenvalue weighted by Gasteiger charge is -2.32. The van der Waals surface area contributed by atoms with E-state index < -0.39 is 29.3 Å². The van der Waals surface area contributed by atoms with Crippen molar-refractivity contribution < 1.29 is 36.2 Å². The molecule has 0 bridgehead atoms. The van der Waals surface area contributed by atoms with E-state index in [1.165, 1.54) is 0 Å². The lowest BCUT2D eigenvalue weighted by molar-refractivity contribution is -0.376. The van der Waals surface area contributed by atoms with Crippen molar-refractivity contribution in [2.24, 2.45) is 0 Å². The number of halogens is 6. The first-order valence-corrected chi connectivity index (χ1v) is 4.88. The Morgan fingerprint density at radius 1 is 0.947 bits per heavy atom. The van der Waals surface area contributed by atoms with Crippen molar-refractivity contribution in [3.05, 3.63) is 35.4 Å². The Bertz CT molecular complexity index is 457. The van der Waals surface area contributed by atoms with Gasteiger partial charge in [0.05, 0.1) is 0 Å². The smallest absolute Gasteiger partial charge is 0.369 e. The molecule has 0 unspecified atom stereocenters. The van der Waals surface area contributed by atoms with Crippen LogP contribution in [0.5, 0.6) is 0 Å². The Labute approximate surface area is 103 Å². The summed E-state index contributed by atoms with van der Waals surface area (Å²) in [5.41, 5.74) is -6.41. The van der Waals surface area contributed by atoms with Gasteiger partial charge in [0, 0.05) is 11.1 Å².